The van der Waals surface area contributed by atoms with Gasteiger partial charge in [-0.25, -0.2) is 0 Å². The first-order valence-electron chi connectivity index (χ1n) is 8.59. The lowest BCUT2D eigenvalue weighted by atomic mass is 10.1. The molecule has 4 rings (SSSR count). The minimum Gasteiger partial charge on any atom is -0.460 e. The van der Waals surface area contributed by atoms with Crippen molar-refractivity contribution in [1.82, 2.24) is 0 Å². The maximum Gasteiger partial charge on any atom is 0.586 e. The van der Waals surface area contributed by atoms with Crippen molar-refractivity contribution in [2.75, 3.05) is 0 Å². The number of benzene rings is 2. The third-order valence-electron chi connectivity index (χ3n) is 3.91. The van der Waals surface area contributed by atoms with Crippen LogP contribution in [-0.2, 0) is 29.6 Å². The predicted octanol–water partition coefficient (Wildman–Crippen LogP) is 2.32. The number of rotatable bonds is 5. The van der Waals surface area contributed by atoms with Gasteiger partial charge in [-0.05, 0) is 17.7 Å². The number of nitrogens with two attached hydrogens (primary N) is 1. The van der Waals surface area contributed by atoms with E-state index in [1.165, 1.54) is 0 Å². The van der Waals surface area contributed by atoms with E-state index in [-0.39, 0.29) is 11.3 Å². The molecule has 0 saturated carbocycles. The normalized spacial score (nSPS) is 23.0. The van der Waals surface area contributed by atoms with Crippen molar-refractivity contribution in [2.45, 2.75) is 18.1 Å². The highest BCUT2D eigenvalue weighted by Crippen LogP contribution is 2.43. The summed E-state index contributed by atoms with van der Waals surface area (Å²) in [7, 11) is -4.31. The van der Waals surface area contributed by atoms with Gasteiger partial charge in [0, 0.05) is 5.56 Å². The fourth-order valence-electron chi connectivity index (χ4n) is 2.71. The van der Waals surface area contributed by atoms with Crippen LogP contribution in [0.25, 0.3) is 0 Å². The van der Waals surface area contributed by atoms with Gasteiger partial charge in [0.2, 0.25) is 17.4 Å². The topological polar surface area (TPSA) is 114 Å². The van der Waals surface area contributed by atoms with Crippen molar-refractivity contribution in [3.8, 4) is 11.5 Å². The van der Waals surface area contributed by atoms with Crippen LogP contribution in [0.3, 0.4) is 0 Å². The van der Waals surface area contributed by atoms with Crippen LogP contribution in [-0.4, -0.2) is 20.5 Å². The van der Waals surface area contributed by atoms with Gasteiger partial charge in [-0.2, -0.15) is 8.42 Å². The Morgan fingerprint density at radius 1 is 1.14 bits per heavy atom. The molecule has 2 aliphatic rings. The zero-order valence-electron chi connectivity index (χ0n) is 15.4. The number of alkyl halides is 2. The van der Waals surface area contributed by atoms with Crippen LogP contribution < -0.4 is 15.2 Å². The van der Waals surface area contributed by atoms with E-state index in [0.717, 1.165) is 18.2 Å². The molecule has 0 aliphatic carbocycles. The van der Waals surface area contributed by atoms with E-state index in [1.807, 2.05) is 0 Å². The summed E-state index contributed by atoms with van der Waals surface area (Å²) in [6.45, 7) is 0. The lowest BCUT2D eigenvalue weighted by Crippen LogP contribution is -2.25. The molecule has 0 amide bonds. The summed E-state index contributed by atoms with van der Waals surface area (Å²) in [6.07, 6.45) is -6.45. The summed E-state index contributed by atoms with van der Waals surface area (Å²) in [5.41, 5.74) is 5.75. The zero-order chi connectivity index (χ0) is 21.7. The van der Waals surface area contributed by atoms with Crippen LogP contribution in [0.2, 0.25) is 0 Å². The van der Waals surface area contributed by atoms with Gasteiger partial charge in [-0.3, -0.25) is 4.79 Å². The van der Waals surface area contributed by atoms with Crippen LogP contribution in [0, 0.1) is 0 Å². The summed E-state index contributed by atoms with van der Waals surface area (Å²) in [5.74, 6) is -4.10. The standard InChI is InChI=1S/C18H13F2NO7S/c19-18(20)26-12-7-6-11(8-13(12)27-18)15-14(22)16(17(21)25-15)28-29(23,24)9-10-4-2-1-3-5-10/h1-8,15H,9,21H2/t15-/m0/s1/i15D. The first-order chi connectivity index (χ1) is 14.0. The molecule has 2 N–H and O–H groups in total. The van der Waals surface area contributed by atoms with E-state index in [0.29, 0.717) is 5.56 Å². The first kappa shape index (κ1) is 17.7. The number of carbonyl (C=O) groups is 1. The number of Topliss-reactive ketones (excluding diaryl/α,β-unsaturated/α-hetero) is 1. The van der Waals surface area contributed by atoms with Crippen molar-refractivity contribution >= 4 is 15.9 Å². The number of ether oxygens (including phenoxy) is 3. The van der Waals surface area contributed by atoms with Crippen LogP contribution >= 0.6 is 0 Å². The molecular formula is C18H13F2NO7S. The molecule has 2 aromatic rings. The lowest BCUT2D eigenvalue weighted by Gasteiger charge is -2.10. The molecule has 0 saturated heterocycles. The molecule has 0 aromatic heterocycles. The van der Waals surface area contributed by atoms with Gasteiger partial charge in [0.25, 0.3) is 0 Å². The molecule has 1 atom stereocenters. The van der Waals surface area contributed by atoms with E-state index < -0.39 is 51.4 Å². The minimum atomic E-state index is -4.31. The Morgan fingerprint density at radius 2 is 1.83 bits per heavy atom. The van der Waals surface area contributed by atoms with Crippen LogP contribution in [0.4, 0.5) is 8.78 Å². The van der Waals surface area contributed by atoms with Crippen molar-refractivity contribution in [1.29, 1.82) is 0 Å². The number of ketones is 1. The van der Waals surface area contributed by atoms with Gasteiger partial charge in [-0.15, -0.1) is 8.78 Å². The quantitative estimate of drug-likeness (QED) is 0.725. The number of carbonyl (C=O) groups excluding carboxylic acids is 1. The fourth-order valence-corrected chi connectivity index (χ4v) is 3.78. The van der Waals surface area contributed by atoms with Crippen molar-refractivity contribution < 1.29 is 41.8 Å². The van der Waals surface area contributed by atoms with Crippen molar-refractivity contribution in [3.05, 3.63) is 71.3 Å². The Bertz CT molecular complexity index is 1170. The summed E-state index contributed by atoms with van der Waals surface area (Å²) >= 11 is 0. The second-order valence-electron chi connectivity index (χ2n) is 6.05. The second-order valence-corrected chi connectivity index (χ2v) is 7.62. The third kappa shape index (κ3) is 3.81. The van der Waals surface area contributed by atoms with Gasteiger partial charge < -0.3 is 24.1 Å². The lowest BCUT2D eigenvalue weighted by molar-refractivity contribution is -0.286. The molecule has 0 spiro atoms. The van der Waals surface area contributed by atoms with Gasteiger partial charge in [-0.1, -0.05) is 36.4 Å². The molecule has 0 unspecified atom stereocenters. The van der Waals surface area contributed by atoms with Crippen LogP contribution in [0.15, 0.2) is 60.2 Å². The average Bonchev–Trinajstić information content (AvgIpc) is 3.08. The van der Waals surface area contributed by atoms with Gasteiger partial charge in [0.1, 0.15) is 5.75 Å². The molecule has 152 valence electrons. The molecule has 0 fully saturated rings. The van der Waals surface area contributed by atoms with Crippen LogP contribution in [0.1, 0.15) is 18.6 Å². The highest BCUT2D eigenvalue weighted by molar-refractivity contribution is 7.86. The van der Waals surface area contributed by atoms with Gasteiger partial charge >= 0.3 is 16.4 Å². The predicted molar refractivity (Wildman–Crippen MR) is 92.8 cm³/mol. The molecule has 8 nitrogen and oxygen atoms in total. The molecule has 0 radical (unpaired) electrons. The van der Waals surface area contributed by atoms with E-state index in [1.54, 1.807) is 30.3 Å². The number of hydrogen-bond acceptors (Lipinski definition) is 8. The third-order valence-corrected chi connectivity index (χ3v) is 5.02. The Morgan fingerprint density at radius 3 is 2.55 bits per heavy atom. The van der Waals surface area contributed by atoms with E-state index in [4.69, 9.17) is 16.0 Å². The molecule has 29 heavy (non-hydrogen) atoms. The monoisotopic (exact) mass is 426 g/mol. The smallest absolute Gasteiger partial charge is 0.460 e. The number of halogens is 2. The second kappa shape index (κ2) is 6.62. The number of fused-ring (bicyclic) bond motifs is 1. The molecular weight excluding hydrogens is 412 g/mol. The summed E-state index contributed by atoms with van der Waals surface area (Å²) < 4.78 is 77.8. The fraction of sp³-hybridized carbons (Fsp3) is 0.167. The molecule has 2 aromatic carbocycles. The van der Waals surface area contributed by atoms with Gasteiger partial charge in [0.15, 0.2) is 17.6 Å². The highest BCUT2D eigenvalue weighted by atomic mass is 32.2. The summed E-state index contributed by atoms with van der Waals surface area (Å²) in [6, 6.07) is 11.1. The Hall–Kier alpha value is -3.34. The first-order valence-corrected chi connectivity index (χ1v) is 9.67. The Kier molecular flexibility index (Phi) is 4.05. The zero-order valence-corrected chi connectivity index (χ0v) is 15.2. The molecule has 11 heteroatoms. The molecule has 2 heterocycles. The number of hydrogen-bond donors (Lipinski definition) is 1. The molecule has 2 aliphatic heterocycles. The van der Waals surface area contributed by atoms with E-state index in [9.17, 15) is 22.0 Å². The maximum absolute atomic E-state index is 13.2. The minimum absolute atomic E-state index is 0.241. The Labute approximate surface area is 165 Å². The van der Waals surface area contributed by atoms with E-state index >= 15 is 0 Å². The highest BCUT2D eigenvalue weighted by Gasteiger charge is 2.45. The summed E-state index contributed by atoms with van der Waals surface area (Å²) in [4.78, 5) is 12.7. The molecule has 0 bridgehead atoms. The Balaban J connectivity index is 1.58. The van der Waals surface area contributed by atoms with E-state index in [2.05, 4.69) is 9.47 Å². The summed E-state index contributed by atoms with van der Waals surface area (Å²) in [5, 5.41) is 0. The van der Waals surface area contributed by atoms with Gasteiger partial charge in [0.05, 0.1) is 1.37 Å². The van der Waals surface area contributed by atoms with Crippen molar-refractivity contribution in [3.63, 3.8) is 0 Å². The largest absolute Gasteiger partial charge is 0.586 e. The average molecular weight is 426 g/mol. The van der Waals surface area contributed by atoms with Crippen LogP contribution in [0.5, 0.6) is 11.5 Å². The van der Waals surface area contributed by atoms with Crippen molar-refractivity contribution in [2.24, 2.45) is 5.73 Å². The maximum atomic E-state index is 13.2. The SMILES string of the molecule is [2H][C@@]1(c2ccc3c(c2)OC(F)(F)O3)OC(N)=C(OS(=O)(=O)Cc2ccccc2)C1=O.